The number of aryl methyl sites for hydroxylation is 1. The highest BCUT2D eigenvalue weighted by molar-refractivity contribution is 6.08. The number of amides is 2. The second-order valence-corrected chi connectivity index (χ2v) is 8.02. The summed E-state index contributed by atoms with van der Waals surface area (Å²) in [5, 5.41) is 0. The molecule has 0 bridgehead atoms. The van der Waals surface area contributed by atoms with Crippen molar-refractivity contribution in [2.45, 2.75) is 25.8 Å². The lowest BCUT2D eigenvalue weighted by molar-refractivity contribution is 0.0734. The van der Waals surface area contributed by atoms with Gasteiger partial charge in [0.1, 0.15) is 0 Å². The maximum atomic E-state index is 13.3. The van der Waals surface area contributed by atoms with Gasteiger partial charge in [0, 0.05) is 36.4 Å². The molecular formula is C26H24N2O2. The second-order valence-electron chi connectivity index (χ2n) is 8.02. The van der Waals surface area contributed by atoms with Gasteiger partial charge in [0.15, 0.2) is 0 Å². The molecule has 30 heavy (non-hydrogen) atoms. The summed E-state index contributed by atoms with van der Waals surface area (Å²) in [6.45, 7) is 2.02. The second kappa shape index (κ2) is 7.79. The first kappa shape index (κ1) is 18.6. The number of hydrogen-bond donors (Lipinski definition) is 0. The molecule has 4 nitrogen and oxygen atoms in total. The zero-order valence-corrected chi connectivity index (χ0v) is 16.9. The first-order chi connectivity index (χ1) is 14.7. The van der Waals surface area contributed by atoms with Gasteiger partial charge in [-0.2, -0.15) is 0 Å². The van der Waals surface area contributed by atoms with E-state index in [1.165, 1.54) is 16.7 Å². The normalized spacial score (nSPS) is 15.3. The number of rotatable bonds is 2. The fraction of sp³-hybridized carbons (Fsp3) is 0.231. The number of carbonyl (C=O) groups is 2. The van der Waals surface area contributed by atoms with Gasteiger partial charge in [0.25, 0.3) is 11.8 Å². The van der Waals surface area contributed by atoms with Crippen LogP contribution in [0.2, 0.25) is 0 Å². The number of nitrogens with zero attached hydrogens (tertiary/aromatic N) is 2. The minimum Gasteiger partial charge on any atom is -0.334 e. The van der Waals surface area contributed by atoms with Crippen molar-refractivity contribution in [1.82, 2.24) is 4.90 Å². The standard InChI is InChI=1S/C26H24N2O2/c29-25(27-16-14-19-7-1-2-9-23(19)18-27)21-10-5-11-22(17-21)26(30)28-15-6-12-20-8-3-4-13-24(20)28/h1-5,7-11,13,17H,6,12,14-16,18H2. The molecule has 2 heterocycles. The lowest BCUT2D eigenvalue weighted by Crippen LogP contribution is -2.37. The van der Waals surface area contributed by atoms with Gasteiger partial charge in [-0.15, -0.1) is 0 Å². The predicted octanol–water partition coefficient (Wildman–Crippen LogP) is 4.48. The van der Waals surface area contributed by atoms with Crippen molar-refractivity contribution in [2.75, 3.05) is 18.0 Å². The summed E-state index contributed by atoms with van der Waals surface area (Å²) in [5.41, 5.74) is 5.85. The highest BCUT2D eigenvalue weighted by Crippen LogP contribution is 2.28. The Kier molecular flexibility index (Phi) is 4.83. The third-order valence-electron chi connectivity index (χ3n) is 6.13. The summed E-state index contributed by atoms with van der Waals surface area (Å²) in [6, 6.07) is 23.5. The summed E-state index contributed by atoms with van der Waals surface area (Å²) < 4.78 is 0. The SMILES string of the molecule is O=C(c1cccc(C(=O)N2CCCc3ccccc32)c1)N1CCc2ccccc2C1. The molecule has 2 amide bonds. The molecule has 4 heteroatoms. The Balaban J connectivity index is 1.39. The summed E-state index contributed by atoms with van der Waals surface area (Å²) in [7, 11) is 0. The molecular weight excluding hydrogens is 372 g/mol. The average molecular weight is 396 g/mol. The Hall–Kier alpha value is -3.40. The van der Waals surface area contributed by atoms with E-state index in [4.69, 9.17) is 0 Å². The van der Waals surface area contributed by atoms with E-state index in [1.807, 2.05) is 58.3 Å². The molecule has 0 fully saturated rings. The molecule has 0 atom stereocenters. The van der Waals surface area contributed by atoms with Crippen molar-refractivity contribution in [1.29, 1.82) is 0 Å². The van der Waals surface area contributed by atoms with E-state index in [0.717, 1.165) is 24.9 Å². The van der Waals surface area contributed by atoms with E-state index < -0.39 is 0 Å². The molecule has 0 spiro atoms. The van der Waals surface area contributed by atoms with Crippen LogP contribution >= 0.6 is 0 Å². The van der Waals surface area contributed by atoms with Gasteiger partial charge in [-0.05, 0) is 60.2 Å². The number of benzene rings is 3. The van der Waals surface area contributed by atoms with Crippen molar-refractivity contribution in [3.63, 3.8) is 0 Å². The number of para-hydroxylation sites is 1. The smallest absolute Gasteiger partial charge is 0.258 e. The van der Waals surface area contributed by atoms with E-state index in [9.17, 15) is 9.59 Å². The number of fused-ring (bicyclic) bond motifs is 2. The highest BCUT2D eigenvalue weighted by Gasteiger charge is 2.25. The van der Waals surface area contributed by atoms with Crippen molar-refractivity contribution < 1.29 is 9.59 Å². The molecule has 0 unspecified atom stereocenters. The molecule has 2 aliphatic heterocycles. The predicted molar refractivity (Wildman–Crippen MR) is 118 cm³/mol. The van der Waals surface area contributed by atoms with Crippen LogP contribution in [-0.2, 0) is 19.4 Å². The van der Waals surface area contributed by atoms with E-state index in [1.54, 1.807) is 6.07 Å². The van der Waals surface area contributed by atoms with Crippen LogP contribution in [0.4, 0.5) is 5.69 Å². The summed E-state index contributed by atoms with van der Waals surface area (Å²) in [5.74, 6) is -0.0565. The third-order valence-corrected chi connectivity index (χ3v) is 6.13. The van der Waals surface area contributed by atoms with Gasteiger partial charge in [-0.25, -0.2) is 0 Å². The average Bonchev–Trinajstić information content (AvgIpc) is 2.82. The molecule has 2 aliphatic rings. The van der Waals surface area contributed by atoms with E-state index in [0.29, 0.717) is 30.8 Å². The van der Waals surface area contributed by atoms with Gasteiger partial charge in [-0.3, -0.25) is 9.59 Å². The first-order valence-electron chi connectivity index (χ1n) is 10.6. The molecule has 0 N–H and O–H groups in total. The molecule has 0 aromatic heterocycles. The van der Waals surface area contributed by atoms with Crippen molar-refractivity contribution >= 4 is 17.5 Å². The maximum absolute atomic E-state index is 13.3. The highest BCUT2D eigenvalue weighted by atomic mass is 16.2. The van der Waals surface area contributed by atoms with E-state index in [-0.39, 0.29) is 11.8 Å². The van der Waals surface area contributed by atoms with Gasteiger partial charge < -0.3 is 9.80 Å². The van der Waals surface area contributed by atoms with Gasteiger partial charge in [0.05, 0.1) is 0 Å². The quantitative estimate of drug-likeness (QED) is 0.641. The van der Waals surface area contributed by atoms with Crippen LogP contribution in [-0.4, -0.2) is 29.8 Å². The fourth-order valence-corrected chi connectivity index (χ4v) is 4.54. The lowest BCUT2D eigenvalue weighted by Gasteiger charge is -2.30. The minimum absolute atomic E-state index is 0.0156. The molecule has 0 aliphatic carbocycles. The Morgan fingerprint density at radius 1 is 0.667 bits per heavy atom. The molecule has 0 radical (unpaired) electrons. The van der Waals surface area contributed by atoms with Crippen LogP contribution in [0.3, 0.4) is 0 Å². The van der Waals surface area contributed by atoms with E-state index >= 15 is 0 Å². The largest absolute Gasteiger partial charge is 0.334 e. The number of carbonyl (C=O) groups excluding carboxylic acids is 2. The zero-order chi connectivity index (χ0) is 20.5. The van der Waals surface area contributed by atoms with Gasteiger partial charge in [-0.1, -0.05) is 48.5 Å². The van der Waals surface area contributed by atoms with Crippen LogP contribution in [0.5, 0.6) is 0 Å². The topological polar surface area (TPSA) is 40.6 Å². The minimum atomic E-state index is -0.0409. The van der Waals surface area contributed by atoms with Crippen LogP contribution < -0.4 is 4.90 Å². The van der Waals surface area contributed by atoms with Crippen LogP contribution in [0.25, 0.3) is 0 Å². The van der Waals surface area contributed by atoms with Gasteiger partial charge >= 0.3 is 0 Å². The number of hydrogen-bond acceptors (Lipinski definition) is 2. The third kappa shape index (κ3) is 3.39. The van der Waals surface area contributed by atoms with Crippen LogP contribution in [0, 0.1) is 0 Å². The Bertz CT molecular complexity index is 1120. The molecule has 3 aromatic carbocycles. The Labute approximate surface area is 176 Å². The van der Waals surface area contributed by atoms with Crippen molar-refractivity contribution in [3.8, 4) is 0 Å². The van der Waals surface area contributed by atoms with Crippen molar-refractivity contribution in [2.24, 2.45) is 0 Å². The summed E-state index contributed by atoms with van der Waals surface area (Å²) in [4.78, 5) is 30.2. The monoisotopic (exact) mass is 396 g/mol. The number of anilines is 1. The molecule has 0 saturated heterocycles. The van der Waals surface area contributed by atoms with Crippen LogP contribution in [0.1, 0.15) is 43.8 Å². The summed E-state index contributed by atoms with van der Waals surface area (Å²) >= 11 is 0. The summed E-state index contributed by atoms with van der Waals surface area (Å²) in [6.07, 6.45) is 2.81. The van der Waals surface area contributed by atoms with Gasteiger partial charge in [0.2, 0.25) is 0 Å². The fourth-order valence-electron chi connectivity index (χ4n) is 4.54. The molecule has 3 aromatic rings. The van der Waals surface area contributed by atoms with E-state index in [2.05, 4.69) is 18.2 Å². The molecule has 150 valence electrons. The Morgan fingerprint density at radius 2 is 1.37 bits per heavy atom. The maximum Gasteiger partial charge on any atom is 0.258 e. The van der Waals surface area contributed by atoms with Crippen molar-refractivity contribution in [3.05, 3.63) is 101 Å². The lowest BCUT2D eigenvalue weighted by atomic mass is 9.98. The molecule has 0 saturated carbocycles. The first-order valence-corrected chi connectivity index (χ1v) is 10.6. The zero-order valence-electron chi connectivity index (χ0n) is 16.9. The van der Waals surface area contributed by atoms with Crippen LogP contribution in [0.15, 0.2) is 72.8 Å². The Morgan fingerprint density at radius 3 is 2.20 bits per heavy atom. The molecule has 5 rings (SSSR count).